The molecule has 1 aliphatic rings. The molecule has 0 radical (unpaired) electrons. The van der Waals surface area contributed by atoms with Crippen LogP contribution in [0.1, 0.15) is 44.1 Å². The summed E-state index contributed by atoms with van der Waals surface area (Å²) in [6, 6.07) is -0.240. The number of urea groups is 1. The Labute approximate surface area is 140 Å². The molecule has 23 heavy (non-hydrogen) atoms. The van der Waals surface area contributed by atoms with Crippen molar-refractivity contribution in [1.29, 1.82) is 0 Å². The first-order chi connectivity index (χ1) is 10.7. The van der Waals surface area contributed by atoms with Gasteiger partial charge in [-0.2, -0.15) is 0 Å². The third kappa shape index (κ3) is 4.63. The van der Waals surface area contributed by atoms with Gasteiger partial charge in [0.15, 0.2) is 0 Å². The number of nitrogens with one attached hydrogen (secondary N) is 1. The maximum absolute atomic E-state index is 12.3. The van der Waals surface area contributed by atoms with Crippen LogP contribution in [0.15, 0.2) is 0 Å². The monoisotopic (exact) mass is 340 g/mol. The van der Waals surface area contributed by atoms with Crippen molar-refractivity contribution < 1.29 is 14.7 Å². The summed E-state index contributed by atoms with van der Waals surface area (Å²) < 4.78 is 0. The van der Waals surface area contributed by atoms with Crippen LogP contribution >= 0.6 is 11.3 Å². The molecule has 0 saturated carbocycles. The highest BCUT2D eigenvalue weighted by atomic mass is 32.1. The Morgan fingerprint density at radius 2 is 2.04 bits per heavy atom. The number of carboxylic acids is 1. The zero-order valence-electron chi connectivity index (χ0n) is 14.0. The average molecular weight is 340 g/mol. The maximum atomic E-state index is 12.3. The number of likely N-dealkylation sites (tertiary alicyclic amines) is 1. The minimum atomic E-state index is -0.840. The highest BCUT2D eigenvalue weighted by Crippen LogP contribution is 2.25. The highest BCUT2D eigenvalue weighted by molar-refractivity contribution is 7.11. The molecule has 1 saturated heterocycles. The van der Waals surface area contributed by atoms with Crippen molar-refractivity contribution in [2.24, 2.45) is 11.8 Å². The molecular weight excluding hydrogens is 316 g/mol. The van der Waals surface area contributed by atoms with Crippen LogP contribution in [0.5, 0.6) is 0 Å². The molecule has 2 amide bonds. The minimum absolute atomic E-state index is 0.0586. The van der Waals surface area contributed by atoms with E-state index >= 15 is 0 Å². The largest absolute Gasteiger partial charge is 0.481 e. The Morgan fingerprint density at radius 3 is 2.61 bits per heavy atom. The Morgan fingerprint density at radius 1 is 1.35 bits per heavy atom. The normalized spacial score (nSPS) is 22.0. The molecule has 128 valence electrons. The van der Waals surface area contributed by atoms with Crippen LogP contribution in [0.25, 0.3) is 0 Å². The Bertz CT molecular complexity index is 582. The quantitative estimate of drug-likeness (QED) is 0.878. The summed E-state index contributed by atoms with van der Waals surface area (Å²) in [5.41, 5.74) is -0.0586. The summed E-state index contributed by atoms with van der Waals surface area (Å²) >= 11 is 1.48. The van der Waals surface area contributed by atoms with E-state index in [1.807, 2.05) is 6.92 Å². The molecule has 0 aliphatic carbocycles. The molecule has 1 aromatic rings. The molecule has 1 aliphatic heterocycles. The number of rotatable bonds is 3. The Kier molecular flexibility index (Phi) is 5.23. The van der Waals surface area contributed by atoms with Crippen LogP contribution < -0.4 is 5.32 Å². The Hall–Kier alpha value is -1.70. The highest BCUT2D eigenvalue weighted by Gasteiger charge is 2.31. The van der Waals surface area contributed by atoms with E-state index in [0.29, 0.717) is 19.5 Å². The lowest BCUT2D eigenvalue weighted by Crippen LogP contribution is -2.49. The number of aromatic nitrogens is 2. The van der Waals surface area contributed by atoms with Crippen molar-refractivity contribution in [3.8, 4) is 0 Å². The number of carbonyl (C=O) groups excluding carboxylic acids is 1. The fourth-order valence-corrected chi connectivity index (χ4v) is 3.42. The summed E-state index contributed by atoms with van der Waals surface area (Å²) in [5.74, 6) is -1.14. The van der Waals surface area contributed by atoms with E-state index in [-0.39, 0.29) is 23.9 Å². The lowest BCUT2D eigenvalue weighted by molar-refractivity contribution is -0.143. The van der Waals surface area contributed by atoms with Gasteiger partial charge in [0, 0.05) is 18.5 Å². The van der Waals surface area contributed by atoms with Gasteiger partial charge in [-0.15, -0.1) is 10.2 Å². The second-order valence-electron chi connectivity index (χ2n) is 7.19. The number of hydrogen-bond donors (Lipinski definition) is 2. The number of carbonyl (C=O) groups is 2. The third-order valence-electron chi connectivity index (χ3n) is 3.80. The first-order valence-corrected chi connectivity index (χ1v) is 8.57. The second kappa shape index (κ2) is 6.82. The number of amides is 2. The smallest absolute Gasteiger partial charge is 0.317 e. The van der Waals surface area contributed by atoms with Crippen molar-refractivity contribution in [1.82, 2.24) is 20.4 Å². The molecule has 1 fully saturated rings. The molecule has 0 aromatic carbocycles. The van der Waals surface area contributed by atoms with E-state index < -0.39 is 11.9 Å². The van der Waals surface area contributed by atoms with Gasteiger partial charge in [-0.1, -0.05) is 39.0 Å². The van der Waals surface area contributed by atoms with Crippen LogP contribution in [-0.4, -0.2) is 45.3 Å². The second-order valence-corrected chi connectivity index (χ2v) is 8.25. The van der Waals surface area contributed by atoms with Gasteiger partial charge in [0.25, 0.3) is 0 Å². The molecule has 0 spiro atoms. The molecule has 2 N–H and O–H groups in total. The van der Waals surface area contributed by atoms with Gasteiger partial charge in [0.1, 0.15) is 10.0 Å². The van der Waals surface area contributed by atoms with Crippen LogP contribution in [0.2, 0.25) is 0 Å². The molecule has 0 bridgehead atoms. The number of aliphatic carboxylic acids is 1. The molecule has 1 aromatic heterocycles. The molecular formula is C15H24N4O3S. The van der Waals surface area contributed by atoms with Crippen molar-refractivity contribution in [2.45, 2.75) is 46.1 Å². The molecule has 2 heterocycles. The Balaban J connectivity index is 1.91. The molecule has 8 heteroatoms. The van der Waals surface area contributed by atoms with Crippen LogP contribution in [0.4, 0.5) is 4.79 Å². The zero-order chi connectivity index (χ0) is 17.2. The first kappa shape index (κ1) is 17.7. The summed E-state index contributed by atoms with van der Waals surface area (Å²) in [5, 5.41) is 21.9. The van der Waals surface area contributed by atoms with E-state index in [0.717, 1.165) is 10.0 Å². The topological polar surface area (TPSA) is 95.4 Å². The van der Waals surface area contributed by atoms with Gasteiger partial charge in [-0.05, 0) is 12.3 Å². The van der Waals surface area contributed by atoms with E-state index in [9.17, 15) is 9.59 Å². The maximum Gasteiger partial charge on any atom is 0.317 e. The molecule has 2 atom stereocenters. The van der Waals surface area contributed by atoms with Gasteiger partial charge in [0.2, 0.25) is 0 Å². The molecule has 2 rings (SSSR count). The van der Waals surface area contributed by atoms with E-state index in [1.165, 1.54) is 11.3 Å². The average Bonchev–Trinajstić information content (AvgIpc) is 2.93. The van der Waals surface area contributed by atoms with Crippen molar-refractivity contribution in [3.63, 3.8) is 0 Å². The first-order valence-electron chi connectivity index (χ1n) is 7.75. The lowest BCUT2D eigenvalue weighted by Gasteiger charge is -2.34. The van der Waals surface area contributed by atoms with Crippen LogP contribution in [0, 0.1) is 11.8 Å². The molecule has 2 unspecified atom stereocenters. The summed E-state index contributed by atoms with van der Waals surface area (Å²) in [6.45, 7) is 9.32. The van der Waals surface area contributed by atoms with Crippen molar-refractivity contribution in [3.05, 3.63) is 10.0 Å². The van der Waals surface area contributed by atoms with Gasteiger partial charge >= 0.3 is 12.0 Å². The minimum Gasteiger partial charge on any atom is -0.481 e. The predicted octanol–water partition coefficient (Wildman–Crippen LogP) is 2.09. The zero-order valence-corrected chi connectivity index (χ0v) is 14.8. The van der Waals surface area contributed by atoms with Crippen LogP contribution in [-0.2, 0) is 16.8 Å². The van der Waals surface area contributed by atoms with E-state index in [2.05, 4.69) is 36.3 Å². The SMILES string of the molecule is CC1CC(C(=O)O)CN(C(=O)NCc2nnc(C(C)(C)C)s2)C1. The number of piperidine rings is 1. The number of carboxylic acid groups (broad SMARTS) is 1. The number of nitrogens with zero attached hydrogens (tertiary/aromatic N) is 3. The van der Waals surface area contributed by atoms with Gasteiger partial charge < -0.3 is 15.3 Å². The lowest BCUT2D eigenvalue weighted by atomic mass is 9.91. The third-order valence-corrected chi connectivity index (χ3v) is 5.14. The van der Waals surface area contributed by atoms with Crippen LogP contribution in [0.3, 0.4) is 0 Å². The summed E-state index contributed by atoms with van der Waals surface area (Å²) in [7, 11) is 0. The summed E-state index contributed by atoms with van der Waals surface area (Å²) in [4.78, 5) is 25.0. The molecule has 7 nitrogen and oxygen atoms in total. The van der Waals surface area contributed by atoms with Crippen molar-refractivity contribution >= 4 is 23.3 Å². The standard InChI is InChI=1S/C15H24N4O3S/c1-9-5-10(12(20)21)8-19(7-9)14(22)16-6-11-17-18-13(23-11)15(2,3)4/h9-10H,5-8H2,1-4H3,(H,16,22)(H,20,21). The van der Waals surface area contributed by atoms with Crippen molar-refractivity contribution in [2.75, 3.05) is 13.1 Å². The van der Waals surface area contributed by atoms with Gasteiger partial charge in [-0.25, -0.2) is 4.79 Å². The van der Waals surface area contributed by atoms with E-state index in [1.54, 1.807) is 4.90 Å². The van der Waals surface area contributed by atoms with E-state index in [4.69, 9.17) is 5.11 Å². The van der Waals surface area contributed by atoms with Gasteiger partial charge in [0.05, 0.1) is 12.5 Å². The fraction of sp³-hybridized carbons (Fsp3) is 0.733. The fourth-order valence-electron chi connectivity index (χ4n) is 2.59. The summed E-state index contributed by atoms with van der Waals surface area (Å²) in [6.07, 6.45) is 0.616. The number of hydrogen-bond acceptors (Lipinski definition) is 5. The predicted molar refractivity (Wildman–Crippen MR) is 87.3 cm³/mol. The van der Waals surface area contributed by atoms with Gasteiger partial charge in [-0.3, -0.25) is 4.79 Å².